The number of carbonyl (C=O) groups is 1. The summed E-state index contributed by atoms with van der Waals surface area (Å²) in [6, 6.07) is 0. The van der Waals surface area contributed by atoms with E-state index in [1.54, 1.807) is 20.8 Å². The Morgan fingerprint density at radius 3 is 2.42 bits per heavy atom. The van der Waals surface area contributed by atoms with Gasteiger partial charge in [0, 0.05) is 0 Å². The molecule has 0 aliphatic carbocycles. The first kappa shape index (κ1) is 11.4. The Balaban J connectivity index is 3.72. The molecule has 4 heteroatoms. The summed E-state index contributed by atoms with van der Waals surface area (Å²) in [7, 11) is 0. The molecule has 1 atom stereocenters. The van der Waals surface area contributed by atoms with E-state index >= 15 is 0 Å². The van der Waals surface area contributed by atoms with E-state index in [-0.39, 0.29) is 13.2 Å². The van der Waals surface area contributed by atoms with Crippen LogP contribution in [0.5, 0.6) is 0 Å². The average molecular weight is 176 g/mol. The van der Waals surface area contributed by atoms with Crippen molar-refractivity contribution in [1.82, 2.24) is 0 Å². The zero-order chi connectivity index (χ0) is 9.78. The van der Waals surface area contributed by atoms with Crippen molar-refractivity contribution in [3.8, 4) is 0 Å². The number of hydrogen-bond acceptors (Lipinski definition) is 4. The molecule has 0 aromatic carbocycles. The van der Waals surface area contributed by atoms with Gasteiger partial charge in [0.05, 0.1) is 18.1 Å². The first-order valence-corrected chi connectivity index (χ1v) is 3.86. The number of rotatable bonds is 4. The molecule has 72 valence electrons. The lowest BCUT2D eigenvalue weighted by atomic mass is 10.1. The van der Waals surface area contributed by atoms with Gasteiger partial charge in [0.15, 0.2) is 0 Å². The minimum atomic E-state index is -1.01. The first-order valence-electron chi connectivity index (χ1n) is 3.86. The Morgan fingerprint density at radius 1 is 1.58 bits per heavy atom. The van der Waals surface area contributed by atoms with Crippen LogP contribution in [0.25, 0.3) is 0 Å². The number of aliphatic hydroxyl groups excluding tert-OH is 1. The van der Waals surface area contributed by atoms with Crippen molar-refractivity contribution in [3.63, 3.8) is 0 Å². The summed E-state index contributed by atoms with van der Waals surface area (Å²) in [5, 5.41) is 17.8. The van der Waals surface area contributed by atoms with E-state index in [2.05, 4.69) is 0 Å². The van der Waals surface area contributed by atoms with Crippen LogP contribution >= 0.6 is 0 Å². The van der Waals surface area contributed by atoms with Gasteiger partial charge in [-0.05, 0) is 20.8 Å². The molecule has 0 bridgehead atoms. The molecule has 0 heterocycles. The smallest absolute Gasteiger partial charge is 0.311 e. The molecule has 0 fully saturated rings. The molecule has 0 aliphatic rings. The van der Waals surface area contributed by atoms with E-state index in [1.807, 2.05) is 0 Å². The third kappa shape index (κ3) is 5.09. The van der Waals surface area contributed by atoms with Gasteiger partial charge in [-0.3, -0.25) is 4.79 Å². The average Bonchev–Trinajstić information content (AvgIpc) is 1.97. The molecule has 12 heavy (non-hydrogen) atoms. The van der Waals surface area contributed by atoms with Crippen LogP contribution < -0.4 is 0 Å². The fraction of sp³-hybridized carbons (Fsp3) is 0.875. The maximum absolute atomic E-state index is 10.9. The maximum atomic E-state index is 10.9. The minimum Gasteiger partial charge on any atom is -0.462 e. The van der Waals surface area contributed by atoms with Crippen molar-refractivity contribution in [2.75, 3.05) is 13.2 Å². The van der Waals surface area contributed by atoms with E-state index in [0.717, 1.165) is 0 Å². The fourth-order valence-corrected chi connectivity index (χ4v) is 0.465. The molecule has 0 saturated heterocycles. The molecule has 0 aromatic heterocycles. The molecule has 4 nitrogen and oxygen atoms in total. The molecule has 0 rings (SSSR count). The van der Waals surface area contributed by atoms with Crippen molar-refractivity contribution in [3.05, 3.63) is 0 Å². The molecule has 1 unspecified atom stereocenters. The van der Waals surface area contributed by atoms with E-state index in [4.69, 9.17) is 9.84 Å². The van der Waals surface area contributed by atoms with Crippen molar-refractivity contribution in [2.24, 2.45) is 5.92 Å². The van der Waals surface area contributed by atoms with Crippen molar-refractivity contribution in [2.45, 2.75) is 26.4 Å². The summed E-state index contributed by atoms with van der Waals surface area (Å²) in [6.45, 7) is 4.38. The molecular weight excluding hydrogens is 160 g/mol. The van der Waals surface area contributed by atoms with Gasteiger partial charge in [-0.15, -0.1) is 0 Å². The Bertz CT molecular complexity index is 148. The van der Waals surface area contributed by atoms with Gasteiger partial charge >= 0.3 is 5.97 Å². The number of ether oxygens (including phenoxy) is 1. The van der Waals surface area contributed by atoms with Crippen LogP contribution in [0.2, 0.25) is 0 Å². The summed E-state index contributed by atoms with van der Waals surface area (Å²) in [4.78, 5) is 10.9. The highest BCUT2D eigenvalue weighted by Crippen LogP contribution is 2.04. The molecule has 0 aromatic rings. The largest absolute Gasteiger partial charge is 0.462 e. The summed E-state index contributed by atoms with van der Waals surface area (Å²) >= 11 is 0. The molecule has 0 saturated carbocycles. The number of esters is 1. The first-order chi connectivity index (χ1) is 5.37. The quantitative estimate of drug-likeness (QED) is 0.588. The highest BCUT2D eigenvalue weighted by Gasteiger charge is 2.18. The Hall–Kier alpha value is -0.610. The third-order valence-electron chi connectivity index (χ3n) is 1.24. The number of aliphatic hydroxyl groups is 2. The lowest BCUT2D eigenvalue weighted by molar-refractivity contribution is -0.155. The summed E-state index contributed by atoms with van der Waals surface area (Å²) in [5.41, 5.74) is -1.01. The van der Waals surface area contributed by atoms with E-state index in [9.17, 15) is 9.90 Å². The number of hydrogen-bond donors (Lipinski definition) is 2. The van der Waals surface area contributed by atoms with E-state index in [0.29, 0.717) is 0 Å². The summed E-state index contributed by atoms with van der Waals surface area (Å²) in [6.07, 6.45) is 0. The van der Waals surface area contributed by atoms with Crippen molar-refractivity contribution >= 4 is 5.97 Å². The lowest BCUT2D eigenvalue weighted by Gasteiger charge is -2.17. The standard InChI is InChI=1S/C8H16O4/c1-6(4-9)7(10)12-5-8(2,3)11/h6,9,11H,4-5H2,1-3H3. The van der Waals surface area contributed by atoms with Gasteiger partial charge in [-0.2, -0.15) is 0 Å². The van der Waals surface area contributed by atoms with E-state index in [1.165, 1.54) is 0 Å². The van der Waals surface area contributed by atoms with Crippen LogP contribution in [0.1, 0.15) is 20.8 Å². The van der Waals surface area contributed by atoms with Gasteiger partial charge in [0.2, 0.25) is 0 Å². The molecular formula is C8H16O4. The topological polar surface area (TPSA) is 66.8 Å². The maximum Gasteiger partial charge on any atom is 0.311 e. The van der Waals surface area contributed by atoms with Crippen LogP contribution in [0.4, 0.5) is 0 Å². The van der Waals surface area contributed by atoms with Gasteiger partial charge < -0.3 is 14.9 Å². The highest BCUT2D eigenvalue weighted by molar-refractivity contribution is 5.72. The third-order valence-corrected chi connectivity index (χ3v) is 1.24. The van der Waals surface area contributed by atoms with Crippen LogP contribution in [0.15, 0.2) is 0 Å². The number of carbonyl (C=O) groups excluding carboxylic acids is 1. The monoisotopic (exact) mass is 176 g/mol. The minimum absolute atomic E-state index is 0.0455. The second-order valence-electron chi connectivity index (χ2n) is 3.50. The second kappa shape index (κ2) is 4.42. The van der Waals surface area contributed by atoms with Crippen LogP contribution in [-0.2, 0) is 9.53 Å². The Morgan fingerprint density at radius 2 is 2.08 bits per heavy atom. The van der Waals surface area contributed by atoms with Crippen LogP contribution in [0, 0.1) is 5.92 Å². The lowest BCUT2D eigenvalue weighted by Crippen LogP contribution is -2.30. The van der Waals surface area contributed by atoms with Crippen LogP contribution in [0.3, 0.4) is 0 Å². The predicted molar refractivity (Wildman–Crippen MR) is 43.5 cm³/mol. The highest BCUT2D eigenvalue weighted by atomic mass is 16.5. The van der Waals surface area contributed by atoms with Crippen molar-refractivity contribution < 1.29 is 19.7 Å². The molecule has 0 amide bonds. The fourth-order valence-electron chi connectivity index (χ4n) is 0.465. The Kier molecular flexibility index (Phi) is 4.20. The zero-order valence-electron chi connectivity index (χ0n) is 7.70. The summed E-state index contributed by atoms with van der Waals surface area (Å²) in [5.74, 6) is -1.01. The zero-order valence-corrected chi connectivity index (χ0v) is 7.70. The SMILES string of the molecule is CC(CO)C(=O)OCC(C)(C)O. The molecule has 2 N–H and O–H groups in total. The second-order valence-corrected chi connectivity index (χ2v) is 3.50. The molecule has 0 aliphatic heterocycles. The summed E-state index contributed by atoms with van der Waals surface area (Å²) < 4.78 is 4.71. The van der Waals surface area contributed by atoms with Gasteiger partial charge in [-0.1, -0.05) is 0 Å². The predicted octanol–water partition coefficient (Wildman–Crippen LogP) is -0.0711. The molecule has 0 radical (unpaired) electrons. The van der Waals surface area contributed by atoms with Gasteiger partial charge in [-0.25, -0.2) is 0 Å². The van der Waals surface area contributed by atoms with Crippen LogP contribution in [-0.4, -0.2) is 35.0 Å². The van der Waals surface area contributed by atoms with E-state index < -0.39 is 17.5 Å². The van der Waals surface area contributed by atoms with Gasteiger partial charge in [0.25, 0.3) is 0 Å². The molecule has 0 spiro atoms. The van der Waals surface area contributed by atoms with Crippen molar-refractivity contribution in [1.29, 1.82) is 0 Å². The van der Waals surface area contributed by atoms with Gasteiger partial charge in [0.1, 0.15) is 6.61 Å². The Labute approximate surface area is 72.2 Å². The normalized spacial score (nSPS) is 14.1.